The van der Waals surface area contributed by atoms with Crippen molar-refractivity contribution in [3.05, 3.63) is 69.2 Å². The lowest BCUT2D eigenvalue weighted by Crippen LogP contribution is -1.92. The zero-order chi connectivity index (χ0) is 13.7. The van der Waals surface area contributed by atoms with Crippen LogP contribution >= 0.6 is 11.6 Å². The van der Waals surface area contributed by atoms with Crippen LogP contribution in [0.5, 0.6) is 0 Å². The summed E-state index contributed by atoms with van der Waals surface area (Å²) in [6, 6.07) is 13.3. The van der Waals surface area contributed by atoms with E-state index in [-0.39, 0.29) is 5.69 Å². The summed E-state index contributed by atoms with van der Waals surface area (Å²) in [6.45, 7) is 0. The molecule has 0 atom stereocenters. The summed E-state index contributed by atoms with van der Waals surface area (Å²) in [5.74, 6) is 0. The Balaban J connectivity index is 2.00. The van der Waals surface area contributed by atoms with E-state index in [1.807, 2.05) is 12.1 Å². The van der Waals surface area contributed by atoms with Gasteiger partial charge in [-0.05, 0) is 29.8 Å². The molecule has 0 saturated heterocycles. The molecule has 2 aromatic rings. The van der Waals surface area contributed by atoms with Crippen LogP contribution < -0.4 is 5.43 Å². The molecule has 0 aliphatic heterocycles. The number of halogens is 1. The Morgan fingerprint density at radius 1 is 1.21 bits per heavy atom. The largest absolute Gasteiger partial charge is 0.278 e. The van der Waals surface area contributed by atoms with Gasteiger partial charge in [0.15, 0.2) is 0 Å². The van der Waals surface area contributed by atoms with E-state index in [0.717, 1.165) is 5.56 Å². The molecule has 6 heteroatoms. The van der Waals surface area contributed by atoms with Crippen LogP contribution in [0.3, 0.4) is 0 Å². The average Bonchev–Trinajstić information content (AvgIpc) is 2.39. The molecule has 0 fully saturated rings. The maximum absolute atomic E-state index is 10.5. The minimum Gasteiger partial charge on any atom is -0.278 e. The molecule has 2 rings (SSSR count). The van der Waals surface area contributed by atoms with Crippen molar-refractivity contribution in [2.24, 2.45) is 5.10 Å². The molecule has 0 saturated carbocycles. The molecule has 1 N–H and O–H groups in total. The fourth-order valence-corrected chi connectivity index (χ4v) is 1.62. The number of hydrazone groups is 1. The molecule has 0 aromatic heterocycles. The van der Waals surface area contributed by atoms with Crippen LogP contribution in [0.1, 0.15) is 5.56 Å². The fourth-order valence-electron chi connectivity index (χ4n) is 1.43. The van der Waals surface area contributed by atoms with Gasteiger partial charge in [-0.2, -0.15) is 5.10 Å². The highest BCUT2D eigenvalue weighted by Gasteiger charge is 2.02. The monoisotopic (exact) mass is 275 g/mol. The Bertz CT molecular complexity index is 612. The van der Waals surface area contributed by atoms with Gasteiger partial charge in [-0.25, -0.2) is 0 Å². The Labute approximate surface area is 114 Å². The van der Waals surface area contributed by atoms with E-state index in [4.69, 9.17) is 11.6 Å². The lowest BCUT2D eigenvalue weighted by atomic mass is 10.2. The average molecular weight is 276 g/mol. The number of hydrogen-bond donors (Lipinski definition) is 1. The van der Waals surface area contributed by atoms with Gasteiger partial charge in [0.2, 0.25) is 0 Å². The molecule has 2 aromatic carbocycles. The van der Waals surface area contributed by atoms with Gasteiger partial charge in [0.05, 0.1) is 16.8 Å². The van der Waals surface area contributed by atoms with Crippen molar-refractivity contribution >= 4 is 29.2 Å². The third kappa shape index (κ3) is 3.79. The summed E-state index contributed by atoms with van der Waals surface area (Å²) in [5, 5.41) is 15.1. The van der Waals surface area contributed by atoms with Crippen molar-refractivity contribution in [3.8, 4) is 0 Å². The van der Waals surface area contributed by atoms with Crippen molar-refractivity contribution in [2.75, 3.05) is 5.43 Å². The highest BCUT2D eigenvalue weighted by atomic mass is 35.5. The third-order valence-electron chi connectivity index (χ3n) is 2.33. The van der Waals surface area contributed by atoms with Gasteiger partial charge in [0.25, 0.3) is 5.69 Å². The Morgan fingerprint density at radius 2 is 1.95 bits per heavy atom. The van der Waals surface area contributed by atoms with Crippen LogP contribution in [0.4, 0.5) is 11.4 Å². The van der Waals surface area contributed by atoms with E-state index < -0.39 is 4.92 Å². The molecule has 5 nitrogen and oxygen atoms in total. The molecular weight excluding hydrogens is 266 g/mol. The van der Waals surface area contributed by atoms with Crippen molar-refractivity contribution in [3.63, 3.8) is 0 Å². The van der Waals surface area contributed by atoms with Crippen LogP contribution in [0.25, 0.3) is 0 Å². The third-order valence-corrected chi connectivity index (χ3v) is 2.57. The lowest BCUT2D eigenvalue weighted by Gasteiger charge is -1.99. The predicted molar refractivity (Wildman–Crippen MR) is 75.8 cm³/mol. The molecule has 0 spiro atoms. The van der Waals surface area contributed by atoms with E-state index in [1.165, 1.54) is 12.1 Å². The molecular formula is C13H10ClN3O2. The first-order chi connectivity index (χ1) is 9.15. The van der Waals surface area contributed by atoms with Gasteiger partial charge in [0, 0.05) is 17.2 Å². The number of benzene rings is 2. The molecule has 0 aliphatic rings. The van der Waals surface area contributed by atoms with Crippen molar-refractivity contribution in [1.29, 1.82) is 0 Å². The number of nitrogens with zero attached hydrogens (tertiary/aromatic N) is 2. The number of nitrogens with one attached hydrogen (secondary N) is 1. The quantitative estimate of drug-likeness (QED) is 0.525. The number of nitro benzene ring substituents is 1. The molecule has 0 heterocycles. The van der Waals surface area contributed by atoms with Gasteiger partial charge in [-0.3, -0.25) is 15.5 Å². The second-order valence-corrected chi connectivity index (χ2v) is 4.17. The van der Waals surface area contributed by atoms with E-state index in [1.54, 1.807) is 30.5 Å². The van der Waals surface area contributed by atoms with Gasteiger partial charge >= 0.3 is 0 Å². The summed E-state index contributed by atoms with van der Waals surface area (Å²) in [6.07, 6.45) is 1.62. The summed E-state index contributed by atoms with van der Waals surface area (Å²) >= 11 is 5.84. The SMILES string of the molecule is O=[N+]([O-])c1ccc(N/N=C/c2cccc(Cl)c2)cc1. The molecule has 0 radical (unpaired) electrons. The minimum atomic E-state index is -0.445. The number of nitro groups is 1. The molecule has 0 aliphatic carbocycles. The lowest BCUT2D eigenvalue weighted by molar-refractivity contribution is -0.384. The topological polar surface area (TPSA) is 67.5 Å². The summed E-state index contributed by atoms with van der Waals surface area (Å²) < 4.78 is 0. The van der Waals surface area contributed by atoms with Crippen LogP contribution in [0.15, 0.2) is 53.6 Å². The molecule has 0 bridgehead atoms. The van der Waals surface area contributed by atoms with Gasteiger partial charge < -0.3 is 0 Å². The smallest absolute Gasteiger partial charge is 0.269 e. The Morgan fingerprint density at radius 3 is 2.58 bits per heavy atom. The number of hydrogen-bond acceptors (Lipinski definition) is 4. The number of non-ortho nitro benzene ring substituents is 1. The maximum atomic E-state index is 10.5. The summed E-state index contributed by atoms with van der Waals surface area (Å²) in [7, 11) is 0. The maximum Gasteiger partial charge on any atom is 0.269 e. The predicted octanol–water partition coefficient (Wildman–Crippen LogP) is 3.69. The normalized spacial score (nSPS) is 10.6. The Hall–Kier alpha value is -2.40. The summed E-state index contributed by atoms with van der Waals surface area (Å²) in [5.41, 5.74) is 4.36. The van der Waals surface area contributed by atoms with Crippen LogP contribution in [-0.4, -0.2) is 11.1 Å². The fraction of sp³-hybridized carbons (Fsp3) is 0. The zero-order valence-corrected chi connectivity index (χ0v) is 10.5. The molecule has 19 heavy (non-hydrogen) atoms. The summed E-state index contributed by atoms with van der Waals surface area (Å²) in [4.78, 5) is 10.0. The van der Waals surface area contributed by atoms with Gasteiger partial charge in [0.1, 0.15) is 0 Å². The van der Waals surface area contributed by atoms with Crippen LogP contribution in [-0.2, 0) is 0 Å². The molecule has 0 unspecified atom stereocenters. The number of anilines is 1. The zero-order valence-electron chi connectivity index (χ0n) is 9.79. The van der Waals surface area contributed by atoms with Crippen molar-refractivity contribution in [2.45, 2.75) is 0 Å². The minimum absolute atomic E-state index is 0.0457. The van der Waals surface area contributed by atoms with Crippen molar-refractivity contribution < 1.29 is 4.92 Å². The van der Waals surface area contributed by atoms with E-state index in [0.29, 0.717) is 10.7 Å². The highest BCUT2D eigenvalue weighted by Crippen LogP contribution is 2.15. The first kappa shape index (κ1) is 13.0. The standard InChI is InChI=1S/C13H10ClN3O2/c14-11-3-1-2-10(8-11)9-15-16-12-4-6-13(7-5-12)17(18)19/h1-9,16H/b15-9+. The van der Waals surface area contributed by atoms with E-state index in [2.05, 4.69) is 10.5 Å². The first-order valence-electron chi connectivity index (χ1n) is 5.44. The van der Waals surface area contributed by atoms with Crippen LogP contribution in [0, 0.1) is 10.1 Å². The molecule has 96 valence electrons. The molecule has 0 amide bonds. The van der Waals surface area contributed by atoms with E-state index in [9.17, 15) is 10.1 Å². The number of rotatable bonds is 4. The second-order valence-electron chi connectivity index (χ2n) is 3.73. The van der Waals surface area contributed by atoms with Crippen LogP contribution in [0.2, 0.25) is 5.02 Å². The van der Waals surface area contributed by atoms with E-state index >= 15 is 0 Å². The van der Waals surface area contributed by atoms with Gasteiger partial charge in [-0.15, -0.1) is 0 Å². The second kappa shape index (κ2) is 5.97. The highest BCUT2D eigenvalue weighted by molar-refractivity contribution is 6.30. The van der Waals surface area contributed by atoms with Crippen molar-refractivity contribution in [1.82, 2.24) is 0 Å². The van der Waals surface area contributed by atoms with Gasteiger partial charge in [-0.1, -0.05) is 23.7 Å². The first-order valence-corrected chi connectivity index (χ1v) is 5.82. The Kier molecular flexibility index (Phi) is 4.10.